The first-order valence-electron chi connectivity index (χ1n) is 6.62. The molecule has 0 aliphatic carbocycles. The predicted octanol–water partition coefficient (Wildman–Crippen LogP) is 4.48. The van der Waals surface area contributed by atoms with Gasteiger partial charge in [-0.15, -0.1) is 0 Å². The van der Waals surface area contributed by atoms with Gasteiger partial charge in [0, 0.05) is 17.1 Å². The molecule has 0 radical (unpaired) electrons. The summed E-state index contributed by atoms with van der Waals surface area (Å²) in [6.45, 7) is 3.93. The summed E-state index contributed by atoms with van der Waals surface area (Å²) in [6, 6.07) is 10.9. The van der Waals surface area contributed by atoms with Gasteiger partial charge in [0.2, 0.25) is 5.91 Å². The topological polar surface area (TPSA) is 53.2 Å². The van der Waals surface area contributed by atoms with Gasteiger partial charge in [0.05, 0.1) is 16.5 Å². The van der Waals surface area contributed by atoms with Gasteiger partial charge in [-0.2, -0.15) is 0 Å². The Kier molecular flexibility index (Phi) is 3.96. The minimum atomic E-state index is 0.0138. The van der Waals surface area contributed by atoms with Crippen molar-refractivity contribution in [1.29, 1.82) is 0 Å². The van der Waals surface area contributed by atoms with E-state index in [9.17, 15) is 4.79 Å². The third-order valence-corrected chi connectivity index (χ3v) is 3.98. The van der Waals surface area contributed by atoms with Crippen molar-refractivity contribution in [1.82, 2.24) is 0 Å². The molecular weight excluding hydrogens is 321 g/mol. The average Bonchev–Trinajstić information content (AvgIpc) is 2.82. The lowest BCUT2D eigenvalue weighted by Gasteiger charge is -2.13. The van der Waals surface area contributed by atoms with Crippen LogP contribution < -0.4 is 16.0 Å². The van der Waals surface area contributed by atoms with Crippen LogP contribution in [0.5, 0.6) is 0 Å². The Hall–Kier alpha value is -2.17. The number of nitrogens with one attached hydrogen (secondary N) is 3. The molecule has 3 rings (SSSR count). The van der Waals surface area contributed by atoms with Gasteiger partial charge < -0.3 is 16.0 Å². The van der Waals surface area contributed by atoms with E-state index in [-0.39, 0.29) is 5.91 Å². The molecule has 1 amide bonds. The van der Waals surface area contributed by atoms with Crippen molar-refractivity contribution < 1.29 is 4.79 Å². The lowest BCUT2D eigenvalue weighted by atomic mass is 10.1. The Morgan fingerprint density at radius 2 is 1.73 bits per heavy atom. The van der Waals surface area contributed by atoms with Gasteiger partial charge in [0.25, 0.3) is 0 Å². The fraction of sp³-hybridized carbons (Fsp3) is 0.0625. The molecule has 2 aromatic carbocycles. The number of hydrogen-bond acceptors (Lipinski definition) is 3. The molecule has 1 aliphatic rings. The number of fused-ring (bicyclic) bond motifs is 1. The largest absolute Gasteiger partial charge is 0.342 e. The van der Waals surface area contributed by atoms with E-state index >= 15 is 0 Å². The summed E-state index contributed by atoms with van der Waals surface area (Å²) in [5.41, 5.74) is 3.47. The molecule has 0 saturated carbocycles. The van der Waals surface area contributed by atoms with E-state index in [1.54, 1.807) is 12.1 Å². The lowest BCUT2D eigenvalue weighted by molar-refractivity contribution is -0.115. The summed E-state index contributed by atoms with van der Waals surface area (Å²) >= 11 is 11.9. The molecule has 1 heterocycles. The van der Waals surface area contributed by atoms with Crippen LogP contribution in [0.4, 0.5) is 17.1 Å². The Bertz CT molecular complexity index is 774. The van der Waals surface area contributed by atoms with Crippen molar-refractivity contribution in [3.8, 4) is 0 Å². The first-order chi connectivity index (χ1) is 10.5. The molecule has 112 valence electrons. The zero-order valence-electron chi connectivity index (χ0n) is 11.5. The van der Waals surface area contributed by atoms with Crippen molar-refractivity contribution in [3.05, 3.63) is 64.4 Å². The second kappa shape index (κ2) is 5.91. The molecule has 0 saturated heterocycles. The number of rotatable bonds is 4. The molecule has 0 aromatic heterocycles. The van der Waals surface area contributed by atoms with Crippen LogP contribution in [0.25, 0.3) is 0 Å². The first-order valence-corrected chi connectivity index (χ1v) is 7.37. The van der Waals surface area contributed by atoms with E-state index in [2.05, 4.69) is 22.5 Å². The molecule has 0 atom stereocenters. The van der Waals surface area contributed by atoms with Gasteiger partial charge in [0.15, 0.2) is 0 Å². The second-order valence-corrected chi connectivity index (χ2v) is 5.77. The number of anilines is 3. The summed E-state index contributed by atoms with van der Waals surface area (Å²) in [7, 11) is 0. The summed E-state index contributed by atoms with van der Waals surface area (Å²) in [6.07, 6.45) is 0.400. The van der Waals surface area contributed by atoms with E-state index in [1.165, 1.54) is 0 Å². The normalized spacial score (nSPS) is 12.5. The predicted molar refractivity (Wildman–Crippen MR) is 91.6 cm³/mol. The van der Waals surface area contributed by atoms with E-state index in [0.29, 0.717) is 22.3 Å². The van der Waals surface area contributed by atoms with E-state index in [4.69, 9.17) is 23.2 Å². The maximum absolute atomic E-state index is 11.3. The van der Waals surface area contributed by atoms with Gasteiger partial charge in [-0.1, -0.05) is 29.8 Å². The first kappa shape index (κ1) is 14.8. The minimum Gasteiger partial charge on any atom is -0.342 e. The highest BCUT2D eigenvalue weighted by atomic mass is 35.5. The van der Waals surface area contributed by atoms with Crippen LogP contribution in [-0.2, 0) is 11.2 Å². The average molecular weight is 334 g/mol. The second-order valence-electron chi connectivity index (χ2n) is 4.95. The molecule has 0 fully saturated rings. The number of benzene rings is 2. The van der Waals surface area contributed by atoms with Gasteiger partial charge in [0.1, 0.15) is 5.82 Å². The number of amides is 1. The smallest absolute Gasteiger partial charge is 0.228 e. The summed E-state index contributed by atoms with van der Waals surface area (Å²) in [5.74, 6) is 0.607. The van der Waals surface area contributed by atoms with Crippen molar-refractivity contribution in [2.75, 3.05) is 16.0 Å². The summed E-state index contributed by atoms with van der Waals surface area (Å²) < 4.78 is 0. The van der Waals surface area contributed by atoms with Crippen molar-refractivity contribution in [2.24, 2.45) is 0 Å². The summed E-state index contributed by atoms with van der Waals surface area (Å²) in [4.78, 5) is 11.3. The van der Waals surface area contributed by atoms with Crippen molar-refractivity contribution in [3.63, 3.8) is 0 Å². The lowest BCUT2D eigenvalue weighted by Crippen LogP contribution is -2.08. The number of carbonyl (C=O) groups excluding carboxylic acids is 1. The standard InChI is InChI=1S/C16H13Cl2N3O/c1-9(20-12-2-4-13(17)14(18)8-12)19-11-3-5-15-10(6-11)7-16(22)21-15/h2-6,8,19-20H,1,7H2,(H,21,22). The van der Waals surface area contributed by atoms with Gasteiger partial charge in [-0.05, 0) is 42.0 Å². The van der Waals surface area contributed by atoms with Crippen LogP contribution in [0, 0.1) is 0 Å². The van der Waals surface area contributed by atoms with Crippen LogP contribution in [-0.4, -0.2) is 5.91 Å². The Labute approximate surface area is 138 Å². The monoisotopic (exact) mass is 333 g/mol. The Balaban J connectivity index is 1.68. The van der Waals surface area contributed by atoms with Crippen LogP contribution >= 0.6 is 23.2 Å². The van der Waals surface area contributed by atoms with Gasteiger partial charge in [-0.3, -0.25) is 4.79 Å². The third kappa shape index (κ3) is 3.18. The van der Waals surface area contributed by atoms with E-state index in [0.717, 1.165) is 22.6 Å². The fourth-order valence-corrected chi connectivity index (χ4v) is 2.56. The molecule has 0 unspecified atom stereocenters. The highest BCUT2D eigenvalue weighted by molar-refractivity contribution is 6.42. The molecule has 22 heavy (non-hydrogen) atoms. The maximum Gasteiger partial charge on any atom is 0.228 e. The highest BCUT2D eigenvalue weighted by Gasteiger charge is 2.17. The fourth-order valence-electron chi connectivity index (χ4n) is 2.26. The van der Waals surface area contributed by atoms with E-state index < -0.39 is 0 Å². The van der Waals surface area contributed by atoms with Crippen molar-refractivity contribution in [2.45, 2.75) is 6.42 Å². The number of hydrogen-bond donors (Lipinski definition) is 3. The molecule has 6 heteroatoms. The Morgan fingerprint density at radius 1 is 1.05 bits per heavy atom. The van der Waals surface area contributed by atoms with Crippen LogP contribution in [0.2, 0.25) is 10.0 Å². The zero-order chi connectivity index (χ0) is 15.7. The van der Waals surface area contributed by atoms with E-state index in [1.807, 2.05) is 24.3 Å². The number of halogens is 2. The molecule has 4 nitrogen and oxygen atoms in total. The third-order valence-electron chi connectivity index (χ3n) is 3.24. The Morgan fingerprint density at radius 3 is 2.45 bits per heavy atom. The molecular formula is C16H13Cl2N3O. The zero-order valence-corrected chi connectivity index (χ0v) is 13.1. The molecule has 1 aliphatic heterocycles. The van der Waals surface area contributed by atoms with Crippen LogP contribution in [0.1, 0.15) is 5.56 Å². The van der Waals surface area contributed by atoms with Gasteiger partial charge >= 0.3 is 0 Å². The molecule has 2 aromatic rings. The quantitative estimate of drug-likeness (QED) is 0.772. The SMILES string of the molecule is C=C(Nc1ccc(Cl)c(Cl)c1)Nc1ccc2c(c1)CC(=O)N2. The molecule has 0 bridgehead atoms. The minimum absolute atomic E-state index is 0.0138. The van der Waals surface area contributed by atoms with Crippen molar-refractivity contribution >= 4 is 46.2 Å². The highest BCUT2D eigenvalue weighted by Crippen LogP contribution is 2.28. The van der Waals surface area contributed by atoms with Crippen LogP contribution in [0.3, 0.4) is 0 Å². The number of carbonyl (C=O) groups is 1. The maximum atomic E-state index is 11.3. The van der Waals surface area contributed by atoms with Crippen LogP contribution in [0.15, 0.2) is 48.8 Å². The molecule has 3 N–H and O–H groups in total. The molecule has 0 spiro atoms. The van der Waals surface area contributed by atoms with Gasteiger partial charge in [-0.25, -0.2) is 0 Å². The summed E-state index contributed by atoms with van der Waals surface area (Å²) in [5, 5.41) is 10.0.